The van der Waals surface area contributed by atoms with E-state index in [4.69, 9.17) is 5.73 Å². The zero-order chi connectivity index (χ0) is 12.6. The minimum atomic E-state index is -3.25. The van der Waals surface area contributed by atoms with Crippen molar-refractivity contribution in [3.63, 3.8) is 0 Å². The van der Waals surface area contributed by atoms with Crippen LogP contribution in [-0.4, -0.2) is 38.4 Å². The molecule has 1 atom stereocenters. The van der Waals surface area contributed by atoms with Crippen LogP contribution in [0.15, 0.2) is 0 Å². The molecule has 0 aromatic carbocycles. The molecule has 0 saturated carbocycles. The van der Waals surface area contributed by atoms with Crippen molar-refractivity contribution in [2.45, 2.75) is 39.2 Å². The van der Waals surface area contributed by atoms with Gasteiger partial charge in [-0.3, -0.25) is 4.79 Å². The monoisotopic (exact) mass is 250 g/mol. The molecule has 1 amide bonds. The molecule has 0 aromatic heterocycles. The topological polar surface area (TPSA) is 89.3 Å². The lowest BCUT2D eigenvalue weighted by atomic mass is 10.1. The van der Waals surface area contributed by atoms with Crippen LogP contribution in [0.5, 0.6) is 0 Å². The van der Waals surface area contributed by atoms with Gasteiger partial charge in [0.1, 0.15) is 5.75 Å². The highest BCUT2D eigenvalue weighted by Gasteiger charge is 2.16. The summed E-state index contributed by atoms with van der Waals surface area (Å²) >= 11 is 0. The summed E-state index contributed by atoms with van der Waals surface area (Å²) in [5.41, 5.74) is 5.49. The number of hydrogen-bond acceptors (Lipinski definition) is 4. The third-order valence-electron chi connectivity index (χ3n) is 2.35. The van der Waals surface area contributed by atoms with Crippen LogP contribution in [0.3, 0.4) is 0 Å². The number of carbonyl (C=O) groups excluding carboxylic acids is 1. The van der Waals surface area contributed by atoms with E-state index in [-0.39, 0.29) is 11.8 Å². The fraction of sp³-hybridized carbons (Fsp3) is 0.900. The molecule has 0 aliphatic rings. The van der Waals surface area contributed by atoms with Gasteiger partial charge in [0.15, 0.2) is 9.84 Å². The number of hydrogen-bond donors (Lipinski definition) is 2. The number of sulfone groups is 1. The SMILES string of the molecule is CCCCC(CN)NC(=O)CS(=O)(=O)CC. The number of nitrogens with one attached hydrogen (secondary N) is 1. The van der Waals surface area contributed by atoms with E-state index in [1.807, 2.05) is 0 Å². The molecule has 0 aliphatic heterocycles. The Labute approximate surface area is 97.7 Å². The van der Waals surface area contributed by atoms with Gasteiger partial charge in [-0.2, -0.15) is 0 Å². The van der Waals surface area contributed by atoms with Crippen molar-refractivity contribution in [2.75, 3.05) is 18.1 Å². The van der Waals surface area contributed by atoms with Crippen LogP contribution in [0.25, 0.3) is 0 Å². The van der Waals surface area contributed by atoms with Gasteiger partial charge in [-0.1, -0.05) is 26.7 Å². The number of amides is 1. The van der Waals surface area contributed by atoms with E-state index in [0.717, 1.165) is 19.3 Å². The van der Waals surface area contributed by atoms with Crippen LogP contribution < -0.4 is 11.1 Å². The number of carbonyl (C=O) groups is 1. The van der Waals surface area contributed by atoms with Gasteiger partial charge in [0.05, 0.1) is 0 Å². The van der Waals surface area contributed by atoms with Crippen molar-refractivity contribution in [3.05, 3.63) is 0 Å². The van der Waals surface area contributed by atoms with Crippen LogP contribution in [0, 0.1) is 0 Å². The molecule has 0 aromatic rings. The summed E-state index contributed by atoms with van der Waals surface area (Å²) in [5, 5.41) is 2.65. The smallest absolute Gasteiger partial charge is 0.235 e. The molecule has 0 saturated heterocycles. The molecule has 16 heavy (non-hydrogen) atoms. The average molecular weight is 250 g/mol. The van der Waals surface area contributed by atoms with E-state index in [2.05, 4.69) is 12.2 Å². The highest BCUT2D eigenvalue weighted by atomic mass is 32.2. The maximum absolute atomic E-state index is 11.4. The first-order chi connectivity index (χ1) is 7.45. The summed E-state index contributed by atoms with van der Waals surface area (Å²) in [6.45, 7) is 3.93. The Hall–Kier alpha value is -0.620. The van der Waals surface area contributed by atoms with E-state index >= 15 is 0 Å². The standard InChI is InChI=1S/C10H22N2O3S/c1-3-5-6-9(7-11)12-10(13)8-16(14,15)4-2/h9H,3-8,11H2,1-2H3,(H,12,13). The summed E-state index contributed by atoms with van der Waals surface area (Å²) in [6, 6.07) is -0.112. The second-order valence-electron chi connectivity index (χ2n) is 3.82. The molecule has 0 bridgehead atoms. The first-order valence-electron chi connectivity index (χ1n) is 5.65. The van der Waals surface area contributed by atoms with Crippen LogP contribution in [0.4, 0.5) is 0 Å². The van der Waals surface area contributed by atoms with E-state index in [1.165, 1.54) is 6.92 Å². The van der Waals surface area contributed by atoms with Crippen molar-refractivity contribution < 1.29 is 13.2 Å². The Balaban J connectivity index is 4.11. The van der Waals surface area contributed by atoms with Crippen LogP contribution in [0.2, 0.25) is 0 Å². The van der Waals surface area contributed by atoms with Gasteiger partial charge < -0.3 is 11.1 Å². The quantitative estimate of drug-likeness (QED) is 0.637. The molecule has 0 fully saturated rings. The average Bonchev–Trinajstić information content (AvgIpc) is 2.23. The maximum atomic E-state index is 11.4. The first kappa shape index (κ1) is 15.4. The van der Waals surface area contributed by atoms with Crippen molar-refractivity contribution in [3.8, 4) is 0 Å². The molecular weight excluding hydrogens is 228 g/mol. The van der Waals surface area contributed by atoms with Gasteiger partial charge in [-0.25, -0.2) is 8.42 Å². The van der Waals surface area contributed by atoms with Crippen molar-refractivity contribution in [1.82, 2.24) is 5.32 Å². The van der Waals surface area contributed by atoms with Crippen LogP contribution in [-0.2, 0) is 14.6 Å². The van der Waals surface area contributed by atoms with Crippen LogP contribution >= 0.6 is 0 Å². The van der Waals surface area contributed by atoms with E-state index in [1.54, 1.807) is 0 Å². The van der Waals surface area contributed by atoms with Crippen molar-refractivity contribution in [1.29, 1.82) is 0 Å². The molecule has 5 nitrogen and oxygen atoms in total. The lowest BCUT2D eigenvalue weighted by molar-refractivity contribution is -0.119. The van der Waals surface area contributed by atoms with Gasteiger partial charge in [0, 0.05) is 18.3 Å². The van der Waals surface area contributed by atoms with E-state index in [9.17, 15) is 13.2 Å². The molecular formula is C10H22N2O3S. The Bertz CT molecular complexity index is 301. The molecule has 0 spiro atoms. The van der Waals surface area contributed by atoms with Crippen LogP contribution in [0.1, 0.15) is 33.1 Å². The largest absolute Gasteiger partial charge is 0.351 e. The number of rotatable bonds is 8. The lowest BCUT2D eigenvalue weighted by Gasteiger charge is -2.16. The lowest BCUT2D eigenvalue weighted by Crippen LogP contribution is -2.42. The van der Waals surface area contributed by atoms with Gasteiger partial charge in [0.2, 0.25) is 5.91 Å². The Morgan fingerprint density at radius 2 is 2.00 bits per heavy atom. The molecule has 0 heterocycles. The maximum Gasteiger partial charge on any atom is 0.235 e. The first-order valence-corrected chi connectivity index (χ1v) is 7.47. The minimum Gasteiger partial charge on any atom is -0.351 e. The van der Waals surface area contributed by atoms with E-state index < -0.39 is 21.5 Å². The van der Waals surface area contributed by atoms with Gasteiger partial charge in [0.25, 0.3) is 0 Å². The Morgan fingerprint density at radius 1 is 1.38 bits per heavy atom. The third kappa shape index (κ3) is 6.79. The Kier molecular flexibility index (Phi) is 7.33. The molecule has 0 radical (unpaired) electrons. The number of unbranched alkanes of at least 4 members (excludes halogenated alkanes) is 1. The molecule has 3 N–H and O–H groups in total. The molecule has 0 rings (SSSR count). The minimum absolute atomic E-state index is 0.0112. The summed E-state index contributed by atoms with van der Waals surface area (Å²) < 4.78 is 22.4. The van der Waals surface area contributed by atoms with Crippen molar-refractivity contribution >= 4 is 15.7 Å². The van der Waals surface area contributed by atoms with E-state index in [0.29, 0.717) is 6.54 Å². The summed E-state index contributed by atoms with van der Waals surface area (Å²) in [4.78, 5) is 11.4. The highest BCUT2D eigenvalue weighted by Crippen LogP contribution is 1.99. The predicted molar refractivity (Wildman–Crippen MR) is 64.8 cm³/mol. The fourth-order valence-electron chi connectivity index (χ4n) is 1.27. The second-order valence-corrected chi connectivity index (χ2v) is 6.17. The molecule has 96 valence electrons. The third-order valence-corrected chi connectivity index (χ3v) is 3.93. The zero-order valence-electron chi connectivity index (χ0n) is 10.0. The van der Waals surface area contributed by atoms with Gasteiger partial charge in [-0.15, -0.1) is 0 Å². The zero-order valence-corrected chi connectivity index (χ0v) is 10.8. The van der Waals surface area contributed by atoms with Gasteiger partial charge >= 0.3 is 0 Å². The molecule has 6 heteroatoms. The summed E-state index contributed by atoms with van der Waals surface area (Å²) in [5.74, 6) is -0.900. The summed E-state index contributed by atoms with van der Waals surface area (Å²) in [6.07, 6.45) is 2.80. The second kappa shape index (κ2) is 7.62. The fourth-order valence-corrected chi connectivity index (χ4v) is 1.96. The normalized spacial score (nSPS) is 13.4. The summed E-state index contributed by atoms with van der Waals surface area (Å²) in [7, 11) is -3.25. The number of nitrogens with two attached hydrogens (primary N) is 1. The molecule has 0 aliphatic carbocycles. The molecule has 1 unspecified atom stereocenters. The highest BCUT2D eigenvalue weighted by molar-refractivity contribution is 7.92. The Morgan fingerprint density at radius 3 is 2.44 bits per heavy atom. The predicted octanol–water partition coefficient (Wildman–Crippen LogP) is 0.0548. The van der Waals surface area contributed by atoms with Crippen molar-refractivity contribution in [2.24, 2.45) is 5.73 Å². The van der Waals surface area contributed by atoms with Gasteiger partial charge in [-0.05, 0) is 6.42 Å².